The fourth-order valence-corrected chi connectivity index (χ4v) is 14.6. The molecule has 484 valence electrons. The van der Waals surface area contributed by atoms with Crippen molar-refractivity contribution in [2.75, 3.05) is 41.9 Å². The molecule has 0 fully saturated rings. The molecule has 2 aromatic carbocycles. The number of rotatable bonds is 28. The average Bonchev–Trinajstić information content (AvgIpc) is 1.60. The zero-order valence-electron chi connectivity index (χ0n) is 52.4. The maximum Gasteiger partial charge on any atom is 0.259 e. The number of hydrogen-bond donors (Lipinski definition) is 6. The molecule has 0 bridgehead atoms. The van der Waals surface area contributed by atoms with Gasteiger partial charge in [0.15, 0.2) is 22.6 Å². The average molecular weight is 1310 g/mol. The van der Waals surface area contributed by atoms with Gasteiger partial charge in [-0.15, -0.1) is 40.8 Å². The molecule has 90 heavy (non-hydrogen) atoms. The summed E-state index contributed by atoms with van der Waals surface area (Å²) in [5.41, 5.74) is 6.18. The van der Waals surface area contributed by atoms with Crippen LogP contribution >= 0.6 is 0 Å². The fourth-order valence-electron chi connectivity index (χ4n) is 10.0. The Hall–Kier alpha value is -8.10. The number of H-pyrrole nitrogens is 2. The van der Waals surface area contributed by atoms with Crippen LogP contribution in [-0.2, 0) is 50.9 Å². The van der Waals surface area contributed by atoms with Crippen LogP contribution in [0.4, 0.5) is 23.8 Å². The van der Waals surface area contributed by atoms with Gasteiger partial charge in [0.1, 0.15) is 5.69 Å². The Morgan fingerprint density at radius 1 is 0.422 bits per heavy atom. The molecular weight excluding hydrogens is 1230 g/mol. The van der Waals surface area contributed by atoms with Crippen molar-refractivity contribution >= 4 is 98.6 Å². The minimum atomic E-state index is -3.67. The number of unbranched alkanes of at least 4 members (excludes halogenated alkanes) is 8. The highest BCUT2D eigenvalue weighted by molar-refractivity contribution is 7.93. The number of benzene rings is 2. The maximum absolute atomic E-state index is 12.9. The third kappa shape index (κ3) is 15.4. The Morgan fingerprint density at radius 3 is 1.30 bits per heavy atom. The van der Waals surface area contributed by atoms with E-state index in [2.05, 4.69) is 83.7 Å². The summed E-state index contributed by atoms with van der Waals surface area (Å²) in [6, 6.07) is 18.9. The van der Waals surface area contributed by atoms with Crippen molar-refractivity contribution in [2.45, 2.75) is 157 Å². The van der Waals surface area contributed by atoms with Gasteiger partial charge >= 0.3 is 0 Å². The molecule has 0 unspecified atom stereocenters. The molecule has 0 aliphatic heterocycles. The van der Waals surface area contributed by atoms with Crippen LogP contribution in [0.2, 0.25) is 0 Å². The summed E-state index contributed by atoms with van der Waals surface area (Å²) in [5.74, 6) is -0.00433. The molecule has 8 heterocycles. The first-order valence-corrected chi connectivity index (χ1v) is 36.9. The van der Waals surface area contributed by atoms with E-state index in [4.69, 9.17) is 10.2 Å². The standard InChI is InChI=1S/C29H32N10O4S2.C29H48N10O4S2/c1-3-5-17-44(40,41)36-28-32-30-26-22(24(34-38(26)28)20-13-9-7-10-14-20)19-23-25(21-15-11-8-12-16-21)35-39-27(23)31-33-29(39)37-45(42,43)18-6-4-2;1-9-11-13-15-17-44(40,41)36-26-32-30-24-20(22(28(3,4)5)34-38(24)26)19-21-23(29(6,7)8)35-39-25(21)31-33-27(39)37-45(42,43)18-16-14-12-10-2/h7-16,19,34H,3-6,17-18H2,1-2H3,(H,32,36)(H,33,37);19,34H,9-18H2,1-8H3,(H,32,36)(H,33,37). The van der Waals surface area contributed by atoms with Crippen molar-refractivity contribution in [2.24, 2.45) is 0 Å². The molecule has 28 nitrogen and oxygen atoms in total. The topological polar surface area (TPSA) is 363 Å². The molecule has 32 heteroatoms. The Kier molecular flexibility index (Phi) is 20.0. The van der Waals surface area contributed by atoms with Crippen LogP contribution in [0.3, 0.4) is 0 Å². The number of aromatic amines is 2. The Balaban J connectivity index is 0.000000213. The first-order chi connectivity index (χ1) is 42.7. The van der Waals surface area contributed by atoms with E-state index in [1.54, 1.807) is 4.52 Å². The van der Waals surface area contributed by atoms with Crippen molar-refractivity contribution in [3.05, 3.63) is 93.6 Å². The summed E-state index contributed by atoms with van der Waals surface area (Å²) < 4.78 is 118. The number of nitrogens with one attached hydrogen (secondary N) is 6. The van der Waals surface area contributed by atoms with Gasteiger partial charge in [-0.1, -0.05) is 181 Å². The first kappa shape index (κ1) is 66.3. The van der Waals surface area contributed by atoms with Gasteiger partial charge in [-0.05, 0) is 37.8 Å². The summed E-state index contributed by atoms with van der Waals surface area (Å²) >= 11 is 0. The molecule has 0 spiro atoms. The van der Waals surface area contributed by atoms with E-state index in [1.165, 1.54) is 13.5 Å². The SMILES string of the molecule is CCCCCCS(=O)(=O)Nc1nnc2c(=Cc3c(C(C)(C)C)[nH]n4c(NS(=O)(=O)CCCCCC)nnc34)c(C(C)(C)C)nn12.CCCCS(=O)(=O)Nc1nnc2c(=Cc3c(-c4ccccc4)[nH]n4c(NS(=O)(=O)CCCC)nnc34)c(-c3ccccc3)nn12. The third-order valence-corrected chi connectivity index (χ3v) is 19.9. The smallest absolute Gasteiger partial charge is 0.259 e. The molecule has 0 aliphatic carbocycles. The van der Waals surface area contributed by atoms with Gasteiger partial charge in [0.2, 0.25) is 40.1 Å². The predicted molar refractivity (Wildman–Crippen MR) is 350 cm³/mol. The van der Waals surface area contributed by atoms with E-state index in [0.29, 0.717) is 86.9 Å². The van der Waals surface area contributed by atoms with E-state index in [1.807, 2.05) is 128 Å². The number of anilines is 4. The third-order valence-electron chi connectivity index (χ3n) is 14.7. The van der Waals surface area contributed by atoms with Crippen molar-refractivity contribution in [1.82, 2.24) is 79.2 Å². The van der Waals surface area contributed by atoms with E-state index in [-0.39, 0.29) is 46.8 Å². The minimum absolute atomic E-state index is 0.00243. The normalized spacial score (nSPS) is 13.3. The summed E-state index contributed by atoms with van der Waals surface area (Å²) in [6.45, 7) is 20.1. The largest absolute Gasteiger partial charge is 0.293 e. The molecule has 0 saturated carbocycles. The molecule has 6 N–H and O–H groups in total. The molecule has 8 aromatic heterocycles. The number of hydrogen-bond acceptors (Lipinski definition) is 18. The molecule has 0 saturated heterocycles. The summed E-state index contributed by atoms with van der Waals surface area (Å²) in [5, 5.41) is 51.2. The molecule has 0 atom stereocenters. The summed E-state index contributed by atoms with van der Waals surface area (Å²) in [7, 11) is -14.6. The summed E-state index contributed by atoms with van der Waals surface area (Å²) in [6.07, 6.45) is 13.0. The Labute approximate surface area is 523 Å². The molecule has 10 aromatic rings. The second kappa shape index (κ2) is 27.2. The number of fused-ring (bicyclic) bond motifs is 4. The van der Waals surface area contributed by atoms with E-state index >= 15 is 0 Å². The molecule has 0 amide bonds. The van der Waals surface area contributed by atoms with Gasteiger partial charge < -0.3 is 0 Å². The van der Waals surface area contributed by atoms with Crippen molar-refractivity contribution in [3.8, 4) is 22.5 Å². The van der Waals surface area contributed by atoms with Gasteiger partial charge in [0.25, 0.3) is 23.8 Å². The maximum atomic E-state index is 12.9. The highest BCUT2D eigenvalue weighted by Gasteiger charge is 2.30. The molecule has 0 aliphatic rings. The van der Waals surface area contributed by atoms with Gasteiger partial charge in [-0.3, -0.25) is 10.2 Å². The van der Waals surface area contributed by atoms with Gasteiger partial charge in [-0.2, -0.15) is 19.2 Å². The number of sulfonamides is 4. The van der Waals surface area contributed by atoms with E-state index < -0.39 is 50.9 Å². The lowest BCUT2D eigenvalue weighted by atomic mass is 9.88. The first-order valence-electron chi connectivity index (χ1n) is 30.3. The highest BCUT2D eigenvalue weighted by atomic mass is 32.2. The molecule has 10 rings (SSSR count). The fraction of sp³-hybridized carbons (Fsp3) is 0.483. The lowest BCUT2D eigenvalue weighted by molar-refractivity contribution is 0.558. The van der Waals surface area contributed by atoms with Crippen molar-refractivity contribution in [3.63, 3.8) is 0 Å². The number of aromatic nitrogens is 16. The zero-order chi connectivity index (χ0) is 64.8. The van der Waals surface area contributed by atoms with Crippen LogP contribution in [-0.4, -0.2) is 136 Å². The van der Waals surface area contributed by atoms with Gasteiger partial charge in [0.05, 0.1) is 39.6 Å². The van der Waals surface area contributed by atoms with Crippen LogP contribution in [0.15, 0.2) is 60.7 Å². The predicted octanol–water partition coefficient (Wildman–Crippen LogP) is 7.74. The van der Waals surface area contributed by atoms with Gasteiger partial charge in [-0.25, -0.2) is 61.6 Å². The number of nitrogens with zero attached hydrogens (tertiary/aromatic N) is 14. The lowest BCUT2D eigenvalue weighted by Gasteiger charge is -2.18. The van der Waals surface area contributed by atoms with E-state index in [9.17, 15) is 33.7 Å². The van der Waals surface area contributed by atoms with Crippen LogP contribution in [0, 0.1) is 0 Å². The minimum Gasteiger partial charge on any atom is -0.293 e. The van der Waals surface area contributed by atoms with Crippen LogP contribution in [0.5, 0.6) is 0 Å². The summed E-state index contributed by atoms with van der Waals surface area (Å²) in [4.78, 5) is 0. The van der Waals surface area contributed by atoms with Crippen molar-refractivity contribution in [1.29, 1.82) is 0 Å². The second-order valence-electron chi connectivity index (χ2n) is 24.2. The lowest BCUT2D eigenvalue weighted by Crippen LogP contribution is -2.23. The monoisotopic (exact) mass is 1310 g/mol. The molecule has 0 radical (unpaired) electrons. The Bertz CT molecular complexity index is 4720. The van der Waals surface area contributed by atoms with Crippen LogP contribution in [0.25, 0.3) is 57.3 Å². The van der Waals surface area contributed by atoms with E-state index in [0.717, 1.165) is 68.2 Å². The van der Waals surface area contributed by atoms with Gasteiger partial charge in [0, 0.05) is 44.0 Å². The second-order valence-corrected chi connectivity index (χ2v) is 31.6. The quantitative estimate of drug-likeness (QED) is 0.0255. The van der Waals surface area contributed by atoms with Crippen LogP contribution < -0.4 is 29.3 Å². The molecular formula is C58H80N20O8S4. The highest BCUT2D eigenvalue weighted by Crippen LogP contribution is 2.32. The zero-order valence-corrected chi connectivity index (χ0v) is 55.7. The Morgan fingerprint density at radius 2 is 0.822 bits per heavy atom. The van der Waals surface area contributed by atoms with Crippen LogP contribution in [0.1, 0.15) is 169 Å². The van der Waals surface area contributed by atoms with Crippen molar-refractivity contribution < 1.29 is 33.7 Å².